The van der Waals surface area contributed by atoms with E-state index in [9.17, 15) is 14.0 Å². The van der Waals surface area contributed by atoms with Crippen molar-refractivity contribution in [2.24, 2.45) is 0 Å². The normalized spacial score (nSPS) is 10.5. The summed E-state index contributed by atoms with van der Waals surface area (Å²) in [6, 6.07) is 6.38. The number of carbonyl (C=O) groups excluding carboxylic acids is 1. The molecule has 0 aliphatic rings. The van der Waals surface area contributed by atoms with Crippen LogP contribution in [0.2, 0.25) is 0 Å². The molecule has 1 aromatic heterocycles. The lowest BCUT2D eigenvalue weighted by Gasteiger charge is -2.11. The van der Waals surface area contributed by atoms with Gasteiger partial charge in [-0.3, -0.25) is 9.59 Å². The Morgan fingerprint density at radius 3 is 2.62 bits per heavy atom. The molecule has 0 unspecified atom stereocenters. The number of benzene rings is 1. The summed E-state index contributed by atoms with van der Waals surface area (Å²) in [6.45, 7) is 0.910. The molecular weight excluding hydrogens is 317 g/mol. The molecule has 7 nitrogen and oxygen atoms in total. The summed E-state index contributed by atoms with van der Waals surface area (Å²) in [4.78, 5) is 24.4. The van der Waals surface area contributed by atoms with E-state index in [0.717, 1.165) is 4.68 Å². The van der Waals surface area contributed by atoms with Gasteiger partial charge in [0.15, 0.2) is 11.4 Å². The highest BCUT2D eigenvalue weighted by atomic mass is 19.1. The molecule has 0 bridgehead atoms. The number of rotatable bonds is 7. The highest BCUT2D eigenvalue weighted by Crippen LogP contribution is 2.14. The molecule has 128 valence electrons. The van der Waals surface area contributed by atoms with Crippen molar-refractivity contribution in [3.63, 3.8) is 0 Å². The van der Waals surface area contributed by atoms with E-state index in [2.05, 4.69) is 10.4 Å². The molecule has 2 aromatic rings. The van der Waals surface area contributed by atoms with Gasteiger partial charge in [-0.05, 0) is 30.7 Å². The molecule has 0 radical (unpaired) electrons. The monoisotopic (exact) mass is 335 g/mol. The molecule has 1 aromatic carbocycles. The van der Waals surface area contributed by atoms with Crippen LogP contribution in [0, 0.1) is 5.82 Å². The molecule has 8 heteroatoms. The number of nitrogens with one attached hydrogen (secondary N) is 1. The maximum Gasteiger partial charge on any atom is 0.275 e. The lowest BCUT2D eigenvalue weighted by molar-refractivity contribution is 0.0938. The fourth-order valence-electron chi connectivity index (χ4n) is 2.02. The summed E-state index contributed by atoms with van der Waals surface area (Å²) in [5.74, 6) is -0.835. The van der Waals surface area contributed by atoms with Crippen LogP contribution < -0.4 is 15.6 Å². The Balaban J connectivity index is 2.33. The molecule has 0 aliphatic carbocycles. The first-order valence-corrected chi connectivity index (χ1v) is 7.28. The second kappa shape index (κ2) is 8.21. The molecule has 2 rings (SSSR count). The Hall–Kier alpha value is -2.74. The number of amides is 1. The van der Waals surface area contributed by atoms with Gasteiger partial charge in [0, 0.05) is 20.3 Å². The standard InChI is InChI=1S/C16H18FN3O4/c1-23-9-3-8-18-16(22)15-13(24-2)10-14(21)20(19-15)12-6-4-11(17)5-7-12/h4-7,10H,3,8-9H2,1-2H3,(H,18,22). The van der Waals surface area contributed by atoms with Gasteiger partial charge in [-0.15, -0.1) is 0 Å². The third kappa shape index (κ3) is 4.17. The molecule has 24 heavy (non-hydrogen) atoms. The van der Waals surface area contributed by atoms with Crippen molar-refractivity contribution in [2.75, 3.05) is 27.4 Å². The van der Waals surface area contributed by atoms with E-state index in [0.29, 0.717) is 25.3 Å². The highest BCUT2D eigenvalue weighted by Gasteiger charge is 2.17. The van der Waals surface area contributed by atoms with Crippen molar-refractivity contribution in [1.29, 1.82) is 0 Å². The van der Waals surface area contributed by atoms with Crippen LogP contribution in [0.5, 0.6) is 5.75 Å². The first-order valence-electron chi connectivity index (χ1n) is 7.28. The van der Waals surface area contributed by atoms with Gasteiger partial charge in [0.05, 0.1) is 18.9 Å². The molecule has 1 amide bonds. The zero-order valence-electron chi connectivity index (χ0n) is 13.4. The SMILES string of the molecule is COCCCNC(=O)c1nn(-c2ccc(F)cc2)c(=O)cc1OC. The Morgan fingerprint density at radius 1 is 1.29 bits per heavy atom. The maximum atomic E-state index is 13.0. The predicted octanol–water partition coefficient (Wildman–Crippen LogP) is 1.15. The minimum absolute atomic E-state index is 0.0289. The van der Waals surface area contributed by atoms with Crippen molar-refractivity contribution in [1.82, 2.24) is 15.1 Å². The minimum Gasteiger partial charge on any atom is -0.494 e. The van der Waals surface area contributed by atoms with Crippen LogP contribution in [0.3, 0.4) is 0 Å². The number of hydrogen-bond donors (Lipinski definition) is 1. The summed E-state index contributed by atoms with van der Waals surface area (Å²) >= 11 is 0. The number of ether oxygens (including phenoxy) is 2. The molecule has 0 saturated heterocycles. The van der Waals surface area contributed by atoms with E-state index in [-0.39, 0.29) is 11.4 Å². The van der Waals surface area contributed by atoms with Crippen LogP contribution in [0.4, 0.5) is 4.39 Å². The average Bonchev–Trinajstić information content (AvgIpc) is 2.59. The summed E-state index contributed by atoms with van der Waals surface area (Å²) in [5.41, 5.74) is -0.175. The number of methoxy groups -OCH3 is 2. The van der Waals surface area contributed by atoms with Gasteiger partial charge in [0.2, 0.25) is 0 Å². The quantitative estimate of drug-likeness (QED) is 0.768. The summed E-state index contributed by atoms with van der Waals surface area (Å²) in [6.07, 6.45) is 0.641. The van der Waals surface area contributed by atoms with Crippen LogP contribution in [-0.4, -0.2) is 43.1 Å². The fraction of sp³-hybridized carbons (Fsp3) is 0.312. The third-order valence-corrected chi connectivity index (χ3v) is 3.21. The Bertz CT molecular complexity index is 759. The molecule has 0 atom stereocenters. The first-order chi connectivity index (χ1) is 11.6. The second-order valence-electron chi connectivity index (χ2n) is 4.89. The van der Waals surface area contributed by atoms with Crippen LogP contribution in [-0.2, 0) is 4.74 Å². The van der Waals surface area contributed by atoms with Crippen molar-refractivity contribution >= 4 is 5.91 Å². The Labute approximate surface area is 138 Å². The van der Waals surface area contributed by atoms with E-state index in [4.69, 9.17) is 9.47 Å². The van der Waals surface area contributed by atoms with Gasteiger partial charge in [0.25, 0.3) is 11.5 Å². The first kappa shape index (κ1) is 17.6. The topological polar surface area (TPSA) is 82.5 Å². The zero-order chi connectivity index (χ0) is 17.5. The Kier molecular flexibility index (Phi) is 6.02. The van der Waals surface area contributed by atoms with Gasteiger partial charge in [-0.2, -0.15) is 9.78 Å². The highest BCUT2D eigenvalue weighted by molar-refractivity contribution is 5.94. The van der Waals surface area contributed by atoms with E-state index < -0.39 is 17.3 Å². The molecular formula is C16H18FN3O4. The Morgan fingerprint density at radius 2 is 2.00 bits per heavy atom. The average molecular weight is 335 g/mol. The zero-order valence-corrected chi connectivity index (χ0v) is 13.4. The largest absolute Gasteiger partial charge is 0.494 e. The second-order valence-corrected chi connectivity index (χ2v) is 4.89. The summed E-state index contributed by atoms with van der Waals surface area (Å²) in [7, 11) is 2.92. The van der Waals surface area contributed by atoms with Gasteiger partial charge in [-0.25, -0.2) is 4.39 Å². The van der Waals surface area contributed by atoms with Gasteiger partial charge in [-0.1, -0.05) is 0 Å². The van der Waals surface area contributed by atoms with Crippen LogP contribution in [0.1, 0.15) is 16.9 Å². The number of aromatic nitrogens is 2. The van der Waals surface area contributed by atoms with E-state index in [1.54, 1.807) is 7.11 Å². The molecule has 0 spiro atoms. The van der Waals surface area contributed by atoms with Gasteiger partial charge < -0.3 is 14.8 Å². The van der Waals surface area contributed by atoms with Crippen LogP contribution in [0.15, 0.2) is 35.1 Å². The third-order valence-electron chi connectivity index (χ3n) is 3.21. The number of nitrogens with zero attached hydrogens (tertiary/aromatic N) is 2. The van der Waals surface area contributed by atoms with Crippen molar-refractivity contribution in [2.45, 2.75) is 6.42 Å². The van der Waals surface area contributed by atoms with Gasteiger partial charge in [0.1, 0.15) is 5.82 Å². The molecule has 0 fully saturated rings. The summed E-state index contributed by atoms with van der Waals surface area (Å²) < 4.78 is 24.0. The van der Waals surface area contributed by atoms with Crippen molar-refractivity contribution < 1.29 is 18.7 Å². The fourth-order valence-corrected chi connectivity index (χ4v) is 2.02. The lowest BCUT2D eigenvalue weighted by atomic mass is 10.3. The van der Waals surface area contributed by atoms with Gasteiger partial charge >= 0.3 is 0 Å². The van der Waals surface area contributed by atoms with Crippen molar-refractivity contribution in [3.8, 4) is 11.4 Å². The van der Waals surface area contributed by atoms with E-state index >= 15 is 0 Å². The maximum absolute atomic E-state index is 13.0. The van der Waals surface area contributed by atoms with Crippen LogP contribution >= 0.6 is 0 Å². The molecule has 1 N–H and O–H groups in total. The number of halogens is 1. The number of hydrogen-bond acceptors (Lipinski definition) is 5. The molecule has 0 aliphatic heterocycles. The predicted molar refractivity (Wildman–Crippen MR) is 85.2 cm³/mol. The van der Waals surface area contributed by atoms with Crippen molar-refractivity contribution in [3.05, 3.63) is 52.2 Å². The lowest BCUT2D eigenvalue weighted by Crippen LogP contribution is -2.30. The van der Waals surface area contributed by atoms with E-state index in [1.165, 1.54) is 37.4 Å². The molecule has 1 heterocycles. The smallest absolute Gasteiger partial charge is 0.275 e. The molecule has 0 saturated carbocycles. The summed E-state index contributed by atoms with van der Waals surface area (Å²) in [5, 5.41) is 6.73. The number of carbonyl (C=O) groups is 1. The minimum atomic E-state index is -0.491. The van der Waals surface area contributed by atoms with Crippen LogP contribution in [0.25, 0.3) is 5.69 Å². The van der Waals surface area contributed by atoms with E-state index in [1.807, 2.05) is 0 Å².